The molecule has 0 bridgehead atoms. The van der Waals surface area contributed by atoms with Gasteiger partial charge in [-0.25, -0.2) is 0 Å². The number of rotatable bonds is 7. The minimum Gasteiger partial charge on any atom is -0.493 e. The standard InChI is InChI=1S/C26H25Cl2NO3/c1-16-12-17(2)26(18(3)13-16)29-25(30)11-9-19-8-10-23(24(14-19)31-4)32-15-20-21(27)6-5-7-22(20)28/h5-14H,15H2,1-4H3,(H,29,30)/b11-9+. The van der Waals surface area contributed by atoms with Crippen molar-refractivity contribution in [2.45, 2.75) is 27.4 Å². The maximum absolute atomic E-state index is 12.4. The first-order chi connectivity index (χ1) is 15.3. The van der Waals surface area contributed by atoms with Gasteiger partial charge in [0.05, 0.1) is 7.11 Å². The minimum atomic E-state index is -0.201. The summed E-state index contributed by atoms with van der Waals surface area (Å²) in [6.45, 7) is 6.22. The summed E-state index contributed by atoms with van der Waals surface area (Å²) in [7, 11) is 1.56. The molecule has 166 valence electrons. The Morgan fingerprint density at radius 2 is 1.62 bits per heavy atom. The van der Waals surface area contributed by atoms with E-state index >= 15 is 0 Å². The summed E-state index contributed by atoms with van der Waals surface area (Å²) in [4.78, 5) is 12.4. The second kappa shape index (κ2) is 10.6. The molecule has 1 N–H and O–H groups in total. The SMILES string of the molecule is COc1cc(/C=C/C(=O)Nc2c(C)cc(C)cc2C)ccc1OCc1c(Cl)cccc1Cl. The lowest BCUT2D eigenvalue weighted by Gasteiger charge is -2.13. The average Bonchev–Trinajstić information content (AvgIpc) is 2.74. The van der Waals surface area contributed by atoms with Crippen LogP contribution in [0.2, 0.25) is 10.0 Å². The van der Waals surface area contributed by atoms with E-state index in [1.165, 1.54) is 11.6 Å². The number of nitrogens with one attached hydrogen (secondary N) is 1. The molecule has 1 amide bonds. The molecule has 4 nitrogen and oxygen atoms in total. The summed E-state index contributed by atoms with van der Waals surface area (Å²) in [5.74, 6) is 0.893. The number of benzene rings is 3. The van der Waals surface area contributed by atoms with Crippen molar-refractivity contribution < 1.29 is 14.3 Å². The molecule has 0 heterocycles. The van der Waals surface area contributed by atoms with Gasteiger partial charge >= 0.3 is 0 Å². The molecular weight excluding hydrogens is 445 g/mol. The number of carbonyl (C=O) groups excluding carboxylic acids is 1. The molecular formula is C26H25Cl2NO3. The molecule has 0 spiro atoms. The molecule has 32 heavy (non-hydrogen) atoms. The Morgan fingerprint density at radius 1 is 0.969 bits per heavy atom. The van der Waals surface area contributed by atoms with E-state index < -0.39 is 0 Å². The fourth-order valence-corrected chi connectivity index (χ4v) is 3.95. The molecule has 0 saturated carbocycles. The Bertz CT molecular complexity index is 1130. The number of aryl methyl sites for hydroxylation is 3. The van der Waals surface area contributed by atoms with Gasteiger partial charge in [-0.2, -0.15) is 0 Å². The zero-order chi connectivity index (χ0) is 23.3. The first-order valence-corrected chi connectivity index (χ1v) is 10.8. The van der Waals surface area contributed by atoms with Crippen molar-refractivity contribution in [3.8, 4) is 11.5 Å². The molecule has 0 aromatic heterocycles. The number of hydrogen-bond donors (Lipinski definition) is 1. The maximum atomic E-state index is 12.4. The van der Waals surface area contributed by atoms with Crippen molar-refractivity contribution in [3.05, 3.63) is 92.5 Å². The number of carbonyl (C=O) groups is 1. The van der Waals surface area contributed by atoms with Crippen molar-refractivity contribution >= 4 is 40.9 Å². The van der Waals surface area contributed by atoms with Crippen LogP contribution < -0.4 is 14.8 Å². The fraction of sp³-hybridized carbons (Fsp3) is 0.192. The van der Waals surface area contributed by atoms with Gasteiger partial charge in [-0.1, -0.05) is 53.0 Å². The number of ether oxygens (including phenoxy) is 2. The molecule has 0 aliphatic rings. The quantitative estimate of drug-likeness (QED) is 0.373. The Hall–Kier alpha value is -2.95. The molecule has 0 fully saturated rings. The number of methoxy groups -OCH3 is 1. The Balaban J connectivity index is 1.70. The van der Waals surface area contributed by atoms with Crippen LogP contribution in [0.15, 0.2) is 54.6 Å². The van der Waals surface area contributed by atoms with Gasteiger partial charge in [-0.3, -0.25) is 4.79 Å². The van der Waals surface area contributed by atoms with Crippen LogP contribution in [0.1, 0.15) is 27.8 Å². The molecule has 3 aromatic rings. The molecule has 0 radical (unpaired) electrons. The van der Waals surface area contributed by atoms with E-state index in [4.69, 9.17) is 32.7 Å². The van der Waals surface area contributed by atoms with Crippen molar-refractivity contribution in [3.63, 3.8) is 0 Å². The highest BCUT2D eigenvalue weighted by Crippen LogP contribution is 2.31. The molecule has 0 aliphatic carbocycles. The Kier molecular flexibility index (Phi) is 7.84. The summed E-state index contributed by atoms with van der Waals surface area (Å²) >= 11 is 12.4. The zero-order valence-electron chi connectivity index (χ0n) is 18.5. The Morgan fingerprint density at radius 3 is 2.25 bits per heavy atom. The van der Waals surface area contributed by atoms with E-state index in [9.17, 15) is 4.79 Å². The minimum absolute atomic E-state index is 0.201. The largest absolute Gasteiger partial charge is 0.493 e. The molecule has 0 aliphatic heterocycles. The van der Waals surface area contributed by atoms with Crippen molar-refractivity contribution in [1.29, 1.82) is 0 Å². The summed E-state index contributed by atoms with van der Waals surface area (Å²) < 4.78 is 11.3. The van der Waals surface area contributed by atoms with Crippen molar-refractivity contribution in [2.24, 2.45) is 0 Å². The lowest BCUT2D eigenvalue weighted by atomic mass is 10.1. The van der Waals surface area contributed by atoms with Gasteiger partial charge in [0.15, 0.2) is 11.5 Å². The number of halogens is 2. The third kappa shape index (κ3) is 5.84. The average molecular weight is 470 g/mol. The number of amides is 1. The topological polar surface area (TPSA) is 47.6 Å². The lowest BCUT2D eigenvalue weighted by molar-refractivity contribution is -0.111. The Labute approximate surface area is 198 Å². The van der Waals surface area contributed by atoms with Gasteiger partial charge in [0.25, 0.3) is 0 Å². The van der Waals surface area contributed by atoms with Crippen LogP contribution in [0.4, 0.5) is 5.69 Å². The van der Waals surface area contributed by atoms with Crippen LogP contribution in [0, 0.1) is 20.8 Å². The van der Waals surface area contributed by atoms with E-state index in [1.54, 1.807) is 43.5 Å². The fourth-order valence-electron chi connectivity index (χ4n) is 3.44. The number of anilines is 1. The van der Waals surface area contributed by atoms with E-state index in [-0.39, 0.29) is 12.5 Å². The van der Waals surface area contributed by atoms with E-state index in [1.807, 2.05) is 39.0 Å². The van der Waals surface area contributed by atoms with Gasteiger partial charge in [0.2, 0.25) is 5.91 Å². The highest BCUT2D eigenvalue weighted by atomic mass is 35.5. The van der Waals surface area contributed by atoms with E-state index in [2.05, 4.69) is 5.32 Å². The highest BCUT2D eigenvalue weighted by Gasteiger charge is 2.10. The predicted molar refractivity (Wildman–Crippen MR) is 132 cm³/mol. The highest BCUT2D eigenvalue weighted by molar-refractivity contribution is 6.35. The summed E-state index contributed by atoms with van der Waals surface area (Å²) in [6.07, 6.45) is 3.23. The van der Waals surface area contributed by atoms with E-state index in [0.29, 0.717) is 27.1 Å². The second-order valence-corrected chi connectivity index (χ2v) is 8.31. The molecule has 6 heteroatoms. The molecule has 0 atom stereocenters. The summed E-state index contributed by atoms with van der Waals surface area (Å²) in [5.41, 5.74) is 5.58. The number of hydrogen-bond acceptors (Lipinski definition) is 3. The van der Waals surface area contributed by atoms with Crippen LogP contribution in [0.5, 0.6) is 11.5 Å². The normalized spacial score (nSPS) is 10.9. The molecule has 0 unspecified atom stereocenters. The van der Waals surface area contributed by atoms with Gasteiger partial charge < -0.3 is 14.8 Å². The molecule has 3 aromatic carbocycles. The van der Waals surface area contributed by atoms with Gasteiger partial charge in [-0.15, -0.1) is 0 Å². The van der Waals surface area contributed by atoms with Gasteiger partial charge in [0, 0.05) is 27.4 Å². The van der Waals surface area contributed by atoms with Crippen molar-refractivity contribution in [2.75, 3.05) is 12.4 Å². The van der Waals surface area contributed by atoms with E-state index in [0.717, 1.165) is 22.4 Å². The molecule has 3 rings (SSSR count). The molecule has 0 saturated heterocycles. The van der Waals surface area contributed by atoms with Crippen LogP contribution in [-0.2, 0) is 11.4 Å². The van der Waals surface area contributed by atoms with Crippen molar-refractivity contribution in [1.82, 2.24) is 0 Å². The zero-order valence-corrected chi connectivity index (χ0v) is 20.0. The maximum Gasteiger partial charge on any atom is 0.248 e. The van der Waals surface area contributed by atoms with Gasteiger partial charge in [-0.05, 0) is 67.8 Å². The smallest absolute Gasteiger partial charge is 0.248 e. The lowest BCUT2D eigenvalue weighted by Crippen LogP contribution is -2.10. The van der Waals surface area contributed by atoms with Crippen LogP contribution in [0.25, 0.3) is 6.08 Å². The third-order valence-corrected chi connectivity index (χ3v) is 5.68. The second-order valence-electron chi connectivity index (χ2n) is 7.50. The van der Waals surface area contributed by atoms with Gasteiger partial charge in [0.1, 0.15) is 6.61 Å². The van der Waals surface area contributed by atoms with Crippen LogP contribution in [0.3, 0.4) is 0 Å². The third-order valence-electron chi connectivity index (χ3n) is 4.97. The van der Waals surface area contributed by atoms with Crippen LogP contribution in [-0.4, -0.2) is 13.0 Å². The predicted octanol–water partition coefficient (Wildman–Crippen LogP) is 7.16. The summed E-state index contributed by atoms with van der Waals surface area (Å²) in [6, 6.07) is 14.8. The first kappa shape index (κ1) is 23.7. The monoisotopic (exact) mass is 469 g/mol. The first-order valence-electron chi connectivity index (χ1n) is 10.1. The van der Waals surface area contributed by atoms with Crippen LogP contribution >= 0.6 is 23.2 Å². The summed E-state index contributed by atoms with van der Waals surface area (Å²) in [5, 5.41) is 4.04.